The third-order valence-electron chi connectivity index (χ3n) is 2.95. The molecule has 0 saturated carbocycles. The highest BCUT2D eigenvalue weighted by atomic mass is 16.5. The molecule has 1 unspecified atom stereocenters. The van der Waals surface area contributed by atoms with E-state index < -0.39 is 0 Å². The molecule has 4 nitrogen and oxygen atoms in total. The van der Waals surface area contributed by atoms with Crippen molar-refractivity contribution in [2.75, 3.05) is 13.2 Å². The largest absolute Gasteiger partial charge is 0.490 e. The average molecular weight is 295 g/mol. The van der Waals surface area contributed by atoms with E-state index >= 15 is 0 Å². The predicted octanol–water partition coefficient (Wildman–Crippen LogP) is 3.12. The quantitative estimate of drug-likeness (QED) is 0.773. The van der Waals surface area contributed by atoms with Crippen molar-refractivity contribution in [3.05, 3.63) is 23.8 Å². The molecule has 1 aromatic carbocycles. The molecule has 0 spiro atoms. The third kappa shape index (κ3) is 6.82. The van der Waals surface area contributed by atoms with Gasteiger partial charge in [0, 0.05) is 24.1 Å². The smallest absolute Gasteiger partial charge is 0.165 e. The Morgan fingerprint density at radius 2 is 1.95 bits per heavy atom. The second-order valence-corrected chi connectivity index (χ2v) is 6.27. The Kier molecular flexibility index (Phi) is 6.99. The van der Waals surface area contributed by atoms with Crippen LogP contribution >= 0.6 is 0 Å². The molecule has 0 heterocycles. The lowest BCUT2D eigenvalue weighted by atomic mass is 10.1. The zero-order chi connectivity index (χ0) is 15.9. The van der Waals surface area contributed by atoms with Crippen LogP contribution in [0.3, 0.4) is 0 Å². The van der Waals surface area contributed by atoms with Crippen LogP contribution in [-0.4, -0.2) is 30.0 Å². The van der Waals surface area contributed by atoms with E-state index in [1.807, 2.05) is 25.1 Å². The molecule has 0 fully saturated rings. The van der Waals surface area contributed by atoms with E-state index in [1.54, 1.807) is 6.92 Å². The highest BCUT2D eigenvalue weighted by molar-refractivity contribution is 5.46. The second-order valence-electron chi connectivity index (χ2n) is 6.27. The van der Waals surface area contributed by atoms with Gasteiger partial charge in [-0.3, -0.25) is 0 Å². The van der Waals surface area contributed by atoms with E-state index in [0.717, 1.165) is 17.1 Å². The Hall–Kier alpha value is -1.26. The van der Waals surface area contributed by atoms with E-state index in [0.29, 0.717) is 26.2 Å². The first-order chi connectivity index (χ1) is 9.83. The van der Waals surface area contributed by atoms with Gasteiger partial charge in [0.15, 0.2) is 11.5 Å². The van der Waals surface area contributed by atoms with Crippen molar-refractivity contribution in [3.8, 4) is 11.5 Å². The summed E-state index contributed by atoms with van der Waals surface area (Å²) < 4.78 is 11.5. The van der Waals surface area contributed by atoms with E-state index in [2.05, 4.69) is 26.1 Å². The zero-order valence-corrected chi connectivity index (χ0v) is 13.9. The van der Waals surface area contributed by atoms with E-state index in [4.69, 9.17) is 9.47 Å². The monoisotopic (exact) mass is 295 g/mol. The van der Waals surface area contributed by atoms with Crippen molar-refractivity contribution < 1.29 is 14.6 Å². The van der Waals surface area contributed by atoms with Crippen LogP contribution in [0.25, 0.3) is 0 Å². The number of para-hydroxylation sites is 1. The summed E-state index contributed by atoms with van der Waals surface area (Å²) >= 11 is 0. The highest BCUT2D eigenvalue weighted by Crippen LogP contribution is 2.32. The van der Waals surface area contributed by atoms with Crippen LogP contribution in [0.2, 0.25) is 0 Å². The summed E-state index contributed by atoms with van der Waals surface area (Å²) in [6.07, 6.45) is 0.243. The minimum atomic E-state index is -0.361. The van der Waals surface area contributed by atoms with Gasteiger partial charge in [0.1, 0.15) is 0 Å². The molecule has 0 radical (unpaired) electrons. The molecule has 0 aliphatic rings. The van der Waals surface area contributed by atoms with Gasteiger partial charge in [0.25, 0.3) is 0 Å². The molecular weight excluding hydrogens is 266 g/mol. The Morgan fingerprint density at radius 1 is 1.24 bits per heavy atom. The van der Waals surface area contributed by atoms with Gasteiger partial charge < -0.3 is 19.9 Å². The lowest BCUT2D eigenvalue weighted by molar-refractivity contribution is 0.153. The Labute approximate surface area is 128 Å². The fourth-order valence-corrected chi connectivity index (χ4v) is 1.83. The van der Waals surface area contributed by atoms with Crippen LogP contribution in [0.5, 0.6) is 11.5 Å². The van der Waals surface area contributed by atoms with Crippen LogP contribution in [0, 0.1) is 0 Å². The van der Waals surface area contributed by atoms with Gasteiger partial charge in [-0.1, -0.05) is 12.1 Å². The molecule has 0 aromatic heterocycles. The maximum absolute atomic E-state index is 9.36. The van der Waals surface area contributed by atoms with Gasteiger partial charge in [0.05, 0.1) is 19.3 Å². The summed E-state index contributed by atoms with van der Waals surface area (Å²) in [5.41, 5.74) is 1.11. The SMILES string of the molecule is CCOc1cccc(CNC(C)(C)C)c1OCCC(C)O. The second kappa shape index (κ2) is 8.25. The number of benzene rings is 1. The average Bonchev–Trinajstić information content (AvgIpc) is 2.37. The number of nitrogens with one attached hydrogen (secondary N) is 1. The molecule has 1 atom stereocenters. The van der Waals surface area contributed by atoms with Gasteiger partial charge in [-0.15, -0.1) is 0 Å². The Morgan fingerprint density at radius 3 is 2.52 bits per heavy atom. The van der Waals surface area contributed by atoms with Crippen LogP contribution in [-0.2, 0) is 6.54 Å². The highest BCUT2D eigenvalue weighted by Gasteiger charge is 2.14. The molecule has 0 bridgehead atoms. The molecular formula is C17H29NO3. The van der Waals surface area contributed by atoms with Crippen LogP contribution in [0.4, 0.5) is 0 Å². The molecule has 0 saturated heterocycles. The molecule has 0 aliphatic carbocycles. The van der Waals surface area contributed by atoms with Gasteiger partial charge in [-0.2, -0.15) is 0 Å². The summed E-state index contributed by atoms with van der Waals surface area (Å²) in [6, 6.07) is 5.94. The normalized spacial score (nSPS) is 13.0. The summed E-state index contributed by atoms with van der Waals surface area (Å²) in [5.74, 6) is 1.54. The van der Waals surface area contributed by atoms with Gasteiger partial charge in [-0.25, -0.2) is 0 Å². The van der Waals surface area contributed by atoms with Crippen LogP contribution in [0.15, 0.2) is 18.2 Å². The molecule has 120 valence electrons. The topological polar surface area (TPSA) is 50.7 Å². The number of ether oxygens (including phenoxy) is 2. The fourth-order valence-electron chi connectivity index (χ4n) is 1.83. The van der Waals surface area contributed by atoms with Crippen molar-refractivity contribution in [1.82, 2.24) is 5.32 Å². The lowest BCUT2D eigenvalue weighted by Crippen LogP contribution is -2.35. The van der Waals surface area contributed by atoms with E-state index in [1.165, 1.54) is 0 Å². The number of hydrogen-bond donors (Lipinski definition) is 2. The van der Waals surface area contributed by atoms with Crippen molar-refractivity contribution >= 4 is 0 Å². The first-order valence-corrected chi connectivity index (χ1v) is 7.64. The van der Waals surface area contributed by atoms with Gasteiger partial charge in [-0.05, 0) is 40.7 Å². The van der Waals surface area contributed by atoms with Crippen molar-refractivity contribution in [2.24, 2.45) is 0 Å². The maximum Gasteiger partial charge on any atom is 0.165 e. The lowest BCUT2D eigenvalue weighted by Gasteiger charge is -2.22. The standard InChI is InChI=1S/C17H29NO3/c1-6-20-15-9-7-8-14(12-18-17(3,4)5)16(15)21-11-10-13(2)19/h7-9,13,18-19H,6,10-12H2,1-5H3. The predicted molar refractivity (Wildman–Crippen MR) is 86.0 cm³/mol. The van der Waals surface area contributed by atoms with Crippen molar-refractivity contribution in [1.29, 1.82) is 0 Å². The molecule has 1 rings (SSSR count). The maximum atomic E-state index is 9.36. The van der Waals surface area contributed by atoms with Gasteiger partial charge >= 0.3 is 0 Å². The van der Waals surface area contributed by atoms with Crippen molar-refractivity contribution in [3.63, 3.8) is 0 Å². The minimum absolute atomic E-state index is 0.0402. The number of rotatable bonds is 8. The van der Waals surface area contributed by atoms with Crippen LogP contribution < -0.4 is 14.8 Å². The van der Waals surface area contributed by atoms with Crippen LogP contribution in [0.1, 0.15) is 46.6 Å². The fraction of sp³-hybridized carbons (Fsp3) is 0.647. The van der Waals surface area contributed by atoms with E-state index in [9.17, 15) is 5.11 Å². The molecule has 0 aliphatic heterocycles. The zero-order valence-electron chi connectivity index (χ0n) is 13.9. The molecule has 0 amide bonds. The summed E-state index contributed by atoms with van der Waals surface area (Å²) in [5, 5.41) is 12.8. The third-order valence-corrected chi connectivity index (χ3v) is 2.95. The first-order valence-electron chi connectivity index (χ1n) is 7.64. The van der Waals surface area contributed by atoms with Crippen molar-refractivity contribution in [2.45, 2.75) is 59.2 Å². The number of aliphatic hydroxyl groups excluding tert-OH is 1. The molecule has 2 N–H and O–H groups in total. The van der Waals surface area contributed by atoms with E-state index in [-0.39, 0.29) is 11.6 Å². The number of aliphatic hydroxyl groups is 1. The Balaban J connectivity index is 2.85. The minimum Gasteiger partial charge on any atom is -0.490 e. The first kappa shape index (κ1) is 17.8. The number of hydrogen-bond acceptors (Lipinski definition) is 4. The summed E-state index contributed by atoms with van der Waals surface area (Å²) in [6.45, 7) is 11.9. The molecule has 1 aromatic rings. The summed E-state index contributed by atoms with van der Waals surface area (Å²) in [4.78, 5) is 0. The Bertz CT molecular complexity index is 425. The molecule has 21 heavy (non-hydrogen) atoms. The molecule has 4 heteroatoms. The van der Waals surface area contributed by atoms with Gasteiger partial charge in [0.2, 0.25) is 0 Å². The summed E-state index contributed by atoms with van der Waals surface area (Å²) in [7, 11) is 0.